The molecule has 1 saturated heterocycles. The predicted molar refractivity (Wildman–Crippen MR) is 54.4 cm³/mol. The fourth-order valence-electron chi connectivity index (χ4n) is 3.51. The smallest absolute Gasteiger partial charge is 0.00199 e. The van der Waals surface area contributed by atoms with Crippen molar-refractivity contribution in [3.05, 3.63) is 12.2 Å². The van der Waals surface area contributed by atoms with Crippen LogP contribution in [0.3, 0.4) is 0 Å². The molecular formula is C12H19N. The third-order valence-electron chi connectivity index (χ3n) is 4.21. The van der Waals surface area contributed by atoms with Crippen LogP contribution in [-0.2, 0) is 0 Å². The summed E-state index contributed by atoms with van der Waals surface area (Å²) in [4.78, 5) is 0. The number of hydrogen-bond donors (Lipinski definition) is 1. The molecule has 1 aliphatic heterocycles. The van der Waals surface area contributed by atoms with E-state index in [2.05, 4.69) is 17.5 Å². The molecule has 4 atom stereocenters. The van der Waals surface area contributed by atoms with E-state index in [1.807, 2.05) is 0 Å². The summed E-state index contributed by atoms with van der Waals surface area (Å²) in [6.07, 6.45) is 10.8. The Hall–Kier alpha value is -0.300. The average molecular weight is 177 g/mol. The van der Waals surface area contributed by atoms with E-state index in [1.165, 1.54) is 38.8 Å². The zero-order valence-corrected chi connectivity index (χ0v) is 8.21. The molecule has 2 fully saturated rings. The average Bonchev–Trinajstić information content (AvgIpc) is 2.77. The Morgan fingerprint density at radius 1 is 1.23 bits per heavy atom. The van der Waals surface area contributed by atoms with Crippen molar-refractivity contribution in [2.75, 3.05) is 13.1 Å². The highest BCUT2D eigenvalue weighted by molar-refractivity contribution is 5.10. The highest BCUT2D eigenvalue weighted by Crippen LogP contribution is 2.46. The van der Waals surface area contributed by atoms with E-state index in [9.17, 15) is 0 Å². The van der Waals surface area contributed by atoms with Gasteiger partial charge in [-0.15, -0.1) is 0 Å². The summed E-state index contributed by atoms with van der Waals surface area (Å²) in [5.74, 6) is 3.97. The molecule has 4 unspecified atom stereocenters. The summed E-state index contributed by atoms with van der Waals surface area (Å²) in [6, 6.07) is 0. The van der Waals surface area contributed by atoms with Crippen LogP contribution in [0.1, 0.15) is 25.7 Å². The maximum atomic E-state index is 3.47. The van der Waals surface area contributed by atoms with Crippen LogP contribution in [0, 0.1) is 23.7 Å². The molecule has 0 aromatic rings. The van der Waals surface area contributed by atoms with E-state index in [-0.39, 0.29) is 0 Å². The summed E-state index contributed by atoms with van der Waals surface area (Å²) >= 11 is 0. The molecular weight excluding hydrogens is 158 g/mol. The Labute approximate surface area is 80.6 Å². The molecule has 2 bridgehead atoms. The summed E-state index contributed by atoms with van der Waals surface area (Å²) in [5.41, 5.74) is 0. The summed E-state index contributed by atoms with van der Waals surface area (Å²) in [7, 11) is 0. The minimum absolute atomic E-state index is 0.962. The van der Waals surface area contributed by atoms with Crippen molar-refractivity contribution < 1.29 is 0 Å². The van der Waals surface area contributed by atoms with E-state index < -0.39 is 0 Å². The second-order valence-corrected chi connectivity index (χ2v) is 5.13. The number of rotatable bonds is 2. The zero-order valence-electron chi connectivity index (χ0n) is 8.21. The first kappa shape index (κ1) is 8.05. The Morgan fingerprint density at radius 3 is 2.85 bits per heavy atom. The molecule has 72 valence electrons. The zero-order chi connectivity index (χ0) is 8.67. The van der Waals surface area contributed by atoms with Gasteiger partial charge in [0, 0.05) is 0 Å². The summed E-state index contributed by atoms with van der Waals surface area (Å²) in [6.45, 7) is 2.55. The summed E-state index contributed by atoms with van der Waals surface area (Å²) in [5, 5.41) is 3.47. The van der Waals surface area contributed by atoms with Gasteiger partial charge in [0.1, 0.15) is 0 Å². The van der Waals surface area contributed by atoms with Crippen LogP contribution in [0.4, 0.5) is 0 Å². The lowest BCUT2D eigenvalue weighted by Crippen LogP contribution is -2.15. The second kappa shape index (κ2) is 3.13. The molecule has 2 aliphatic carbocycles. The maximum absolute atomic E-state index is 3.47. The lowest BCUT2D eigenvalue weighted by atomic mass is 9.85. The molecule has 0 aromatic carbocycles. The van der Waals surface area contributed by atoms with Crippen LogP contribution in [0.25, 0.3) is 0 Å². The molecule has 0 amide bonds. The first-order valence-electron chi connectivity index (χ1n) is 5.81. The molecule has 0 aromatic heterocycles. The van der Waals surface area contributed by atoms with Gasteiger partial charge in [0.15, 0.2) is 0 Å². The molecule has 3 rings (SSSR count). The lowest BCUT2D eigenvalue weighted by Gasteiger charge is -2.21. The van der Waals surface area contributed by atoms with Gasteiger partial charge in [0.25, 0.3) is 0 Å². The van der Waals surface area contributed by atoms with Crippen LogP contribution in [0.2, 0.25) is 0 Å². The molecule has 0 spiro atoms. The van der Waals surface area contributed by atoms with Crippen LogP contribution in [-0.4, -0.2) is 13.1 Å². The number of nitrogens with one attached hydrogen (secondary N) is 1. The third kappa shape index (κ3) is 1.43. The van der Waals surface area contributed by atoms with Gasteiger partial charge in [-0.1, -0.05) is 12.2 Å². The van der Waals surface area contributed by atoms with E-state index in [1.54, 1.807) is 0 Å². The van der Waals surface area contributed by atoms with Gasteiger partial charge in [-0.05, 0) is 62.4 Å². The lowest BCUT2D eigenvalue weighted by molar-refractivity contribution is 0.344. The van der Waals surface area contributed by atoms with E-state index >= 15 is 0 Å². The molecule has 1 nitrogen and oxygen atoms in total. The van der Waals surface area contributed by atoms with E-state index in [0.29, 0.717) is 0 Å². The van der Waals surface area contributed by atoms with Gasteiger partial charge in [-0.25, -0.2) is 0 Å². The van der Waals surface area contributed by atoms with Crippen LogP contribution >= 0.6 is 0 Å². The van der Waals surface area contributed by atoms with Gasteiger partial charge < -0.3 is 5.32 Å². The van der Waals surface area contributed by atoms with Crippen molar-refractivity contribution in [3.8, 4) is 0 Å². The van der Waals surface area contributed by atoms with Crippen LogP contribution in [0.15, 0.2) is 12.2 Å². The fourth-order valence-corrected chi connectivity index (χ4v) is 3.51. The molecule has 1 saturated carbocycles. The van der Waals surface area contributed by atoms with Crippen molar-refractivity contribution in [1.82, 2.24) is 5.32 Å². The quantitative estimate of drug-likeness (QED) is 0.638. The fraction of sp³-hybridized carbons (Fsp3) is 0.833. The highest BCUT2D eigenvalue weighted by Gasteiger charge is 2.36. The Balaban J connectivity index is 1.58. The summed E-state index contributed by atoms with van der Waals surface area (Å²) < 4.78 is 0. The van der Waals surface area contributed by atoms with Gasteiger partial charge >= 0.3 is 0 Å². The normalized spacial score (nSPS) is 47.7. The molecule has 1 N–H and O–H groups in total. The Morgan fingerprint density at radius 2 is 2.23 bits per heavy atom. The second-order valence-electron chi connectivity index (χ2n) is 5.13. The van der Waals surface area contributed by atoms with E-state index in [4.69, 9.17) is 0 Å². The molecule has 0 radical (unpaired) electrons. The van der Waals surface area contributed by atoms with Crippen molar-refractivity contribution in [3.63, 3.8) is 0 Å². The number of allylic oxidation sites excluding steroid dienone is 2. The SMILES string of the molecule is C1=CC2CC1CC2CC1CCNC1. The van der Waals surface area contributed by atoms with Crippen molar-refractivity contribution in [2.24, 2.45) is 23.7 Å². The standard InChI is InChI=1S/C12H19N/c1-2-11-5-9(1)6-12(11)7-10-3-4-13-8-10/h1-2,9-13H,3-8H2. The third-order valence-corrected chi connectivity index (χ3v) is 4.21. The molecule has 13 heavy (non-hydrogen) atoms. The van der Waals surface area contributed by atoms with Gasteiger partial charge in [0.2, 0.25) is 0 Å². The first-order valence-corrected chi connectivity index (χ1v) is 5.81. The van der Waals surface area contributed by atoms with Crippen molar-refractivity contribution in [1.29, 1.82) is 0 Å². The number of fused-ring (bicyclic) bond motifs is 2. The minimum atomic E-state index is 0.962. The minimum Gasteiger partial charge on any atom is -0.316 e. The van der Waals surface area contributed by atoms with Gasteiger partial charge in [-0.3, -0.25) is 0 Å². The Kier molecular flexibility index (Phi) is 1.93. The van der Waals surface area contributed by atoms with Crippen molar-refractivity contribution >= 4 is 0 Å². The van der Waals surface area contributed by atoms with Gasteiger partial charge in [0.05, 0.1) is 0 Å². The van der Waals surface area contributed by atoms with Crippen molar-refractivity contribution in [2.45, 2.75) is 25.7 Å². The van der Waals surface area contributed by atoms with Gasteiger partial charge in [-0.2, -0.15) is 0 Å². The molecule has 1 heteroatoms. The molecule has 1 heterocycles. The molecule has 3 aliphatic rings. The number of hydrogen-bond acceptors (Lipinski definition) is 1. The van der Waals surface area contributed by atoms with Crippen LogP contribution in [0.5, 0.6) is 0 Å². The van der Waals surface area contributed by atoms with Crippen LogP contribution < -0.4 is 5.32 Å². The first-order chi connectivity index (χ1) is 6.42. The predicted octanol–water partition coefficient (Wildman–Crippen LogP) is 2.20. The maximum Gasteiger partial charge on any atom is -0.00199 e. The largest absolute Gasteiger partial charge is 0.316 e. The Bertz CT molecular complexity index is 215. The monoisotopic (exact) mass is 177 g/mol. The highest BCUT2D eigenvalue weighted by atomic mass is 14.9. The topological polar surface area (TPSA) is 12.0 Å². The van der Waals surface area contributed by atoms with E-state index in [0.717, 1.165) is 23.7 Å².